The van der Waals surface area contributed by atoms with Gasteiger partial charge >= 0.3 is 0 Å². The van der Waals surface area contributed by atoms with E-state index in [2.05, 4.69) is 30.9 Å². The van der Waals surface area contributed by atoms with Crippen LogP contribution in [0.5, 0.6) is 0 Å². The van der Waals surface area contributed by atoms with Crippen LogP contribution in [0.2, 0.25) is 0 Å². The molecule has 1 atom stereocenters. The van der Waals surface area contributed by atoms with Crippen LogP contribution in [0, 0.1) is 5.92 Å². The highest BCUT2D eigenvalue weighted by Crippen LogP contribution is 2.27. The third kappa shape index (κ3) is 3.47. The summed E-state index contributed by atoms with van der Waals surface area (Å²) in [6, 6.07) is 8.41. The molecule has 94 valence electrons. The minimum atomic E-state index is 0.711. The Morgan fingerprint density at radius 3 is 2.65 bits per heavy atom. The Morgan fingerprint density at radius 2 is 2.00 bits per heavy atom. The summed E-state index contributed by atoms with van der Waals surface area (Å²) < 4.78 is 0. The zero-order valence-corrected chi connectivity index (χ0v) is 11.0. The molecule has 2 rings (SSSR count). The van der Waals surface area contributed by atoms with Crippen LogP contribution in [0.1, 0.15) is 38.2 Å². The molecule has 2 N–H and O–H groups in total. The molecule has 0 bridgehead atoms. The number of benzene rings is 1. The molecule has 17 heavy (non-hydrogen) atoms. The van der Waals surface area contributed by atoms with Crippen LogP contribution in [0.3, 0.4) is 0 Å². The molecule has 2 heteroatoms. The molecule has 0 aromatic heterocycles. The number of hydrogen-bond acceptors (Lipinski definition) is 2. The van der Waals surface area contributed by atoms with Crippen LogP contribution < -0.4 is 5.73 Å². The van der Waals surface area contributed by atoms with E-state index in [4.69, 9.17) is 5.73 Å². The maximum Gasteiger partial charge on any atom is 0.0314 e. The van der Waals surface area contributed by atoms with Crippen molar-refractivity contribution < 1.29 is 0 Å². The predicted octanol–water partition coefficient (Wildman–Crippen LogP) is 3.10. The lowest BCUT2D eigenvalue weighted by atomic mass is 9.98. The second-order valence-corrected chi connectivity index (χ2v) is 5.64. The largest absolute Gasteiger partial charge is 0.399 e. The average Bonchev–Trinajstić information content (AvgIpc) is 2.76. The van der Waals surface area contributed by atoms with Crippen molar-refractivity contribution in [2.24, 2.45) is 5.92 Å². The fraction of sp³-hybridized carbons (Fsp3) is 0.600. The molecule has 0 spiro atoms. The van der Waals surface area contributed by atoms with Crippen molar-refractivity contribution in [3.63, 3.8) is 0 Å². The summed E-state index contributed by atoms with van der Waals surface area (Å²) in [5, 5.41) is 0. The molecule has 0 amide bonds. The summed E-state index contributed by atoms with van der Waals surface area (Å²) in [6.07, 6.45) is 2.61. The fourth-order valence-corrected chi connectivity index (χ4v) is 2.52. The SMILES string of the molecule is CC(C)CCN1CCC(c2ccc(N)cc2)C1. The third-order valence-electron chi connectivity index (χ3n) is 3.70. The van der Waals surface area contributed by atoms with E-state index >= 15 is 0 Å². The van der Waals surface area contributed by atoms with Crippen LogP contribution in [0.15, 0.2) is 24.3 Å². The lowest BCUT2D eigenvalue weighted by Crippen LogP contribution is -2.22. The molecule has 2 nitrogen and oxygen atoms in total. The Hall–Kier alpha value is -1.02. The summed E-state index contributed by atoms with van der Waals surface area (Å²) >= 11 is 0. The number of nitrogen functional groups attached to an aromatic ring is 1. The first-order valence-electron chi connectivity index (χ1n) is 6.73. The van der Waals surface area contributed by atoms with Gasteiger partial charge in [-0.1, -0.05) is 26.0 Å². The first-order chi connectivity index (χ1) is 8.15. The van der Waals surface area contributed by atoms with Gasteiger partial charge in [0.15, 0.2) is 0 Å². The zero-order valence-electron chi connectivity index (χ0n) is 11.0. The van der Waals surface area contributed by atoms with Crippen LogP contribution in [0.25, 0.3) is 0 Å². The third-order valence-corrected chi connectivity index (χ3v) is 3.70. The van der Waals surface area contributed by atoms with Crippen molar-refractivity contribution in [1.82, 2.24) is 4.90 Å². The van der Waals surface area contributed by atoms with Gasteiger partial charge in [0, 0.05) is 12.2 Å². The van der Waals surface area contributed by atoms with Crippen molar-refractivity contribution >= 4 is 5.69 Å². The highest BCUT2D eigenvalue weighted by molar-refractivity contribution is 5.40. The minimum Gasteiger partial charge on any atom is -0.399 e. The molecule has 1 aromatic carbocycles. The number of rotatable bonds is 4. The molecule has 1 aromatic rings. The molecule has 0 saturated carbocycles. The quantitative estimate of drug-likeness (QED) is 0.808. The maximum atomic E-state index is 5.72. The van der Waals surface area contributed by atoms with Gasteiger partial charge in [-0.15, -0.1) is 0 Å². The average molecular weight is 232 g/mol. The van der Waals surface area contributed by atoms with Gasteiger partial charge in [-0.25, -0.2) is 0 Å². The second-order valence-electron chi connectivity index (χ2n) is 5.64. The van der Waals surface area contributed by atoms with Gasteiger partial charge < -0.3 is 10.6 Å². The highest BCUT2D eigenvalue weighted by atomic mass is 15.1. The second kappa shape index (κ2) is 5.54. The summed E-state index contributed by atoms with van der Waals surface area (Å²) in [4.78, 5) is 2.60. The molecule has 1 heterocycles. The van der Waals surface area contributed by atoms with E-state index in [1.54, 1.807) is 0 Å². The zero-order chi connectivity index (χ0) is 12.3. The Balaban J connectivity index is 1.87. The number of nitrogens with zero attached hydrogens (tertiary/aromatic N) is 1. The Bertz CT molecular complexity index is 342. The van der Waals surface area contributed by atoms with Gasteiger partial charge in [0.05, 0.1) is 0 Å². The maximum absolute atomic E-state index is 5.72. The van der Waals surface area contributed by atoms with Gasteiger partial charge in [0.1, 0.15) is 0 Å². The number of nitrogens with two attached hydrogens (primary N) is 1. The minimum absolute atomic E-state index is 0.711. The predicted molar refractivity (Wildman–Crippen MR) is 74.1 cm³/mol. The Morgan fingerprint density at radius 1 is 1.29 bits per heavy atom. The highest BCUT2D eigenvalue weighted by Gasteiger charge is 2.23. The van der Waals surface area contributed by atoms with E-state index in [1.165, 1.54) is 38.0 Å². The summed E-state index contributed by atoms with van der Waals surface area (Å²) in [7, 11) is 0. The first kappa shape index (κ1) is 12.4. The van der Waals surface area contributed by atoms with Crippen LogP contribution in [-0.4, -0.2) is 24.5 Å². The Labute approximate surface area is 105 Å². The normalized spacial score (nSPS) is 21.2. The number of anilines is 1. The molecular formula is C15H24N2. The molecule has 0 radical (unpaired) electrons. The topological polar surface area (TPSA) is 29.3 Å². The van der Waals surface area contributed by atoms with Crippen LogP contribution >= 0.6 is 0 Å². The lowest BCUT2D eigenvalue weighted by molar-refractivity contribution is 0.310. The van der Waals surface area contributed by atoms with E-state index in [0.29, 0.717) is 5.92 Å². The van der Waals surface area contributed by atoms with Gasteiger partial charge in [0.2, 0.25) is 0 Å². The van der Waals surface area contributed by atoms with E-state index in [0.717, 1.165) is 11.6 Å². The number of likely N-dealkylation sites (tertiary alicyclic amines) is 1. The fourth-order valence-electron chi connectivity index (χ4n) is 2.52. The molecule has 1 aliphatic heterocycles. The van der Waals surface area contributed by atoms with Gasteiger partial charge in [-0.05, 0) is 55.5 Å². The van der Waals surface area contributed by atoms with E-state index < -0.39 is 0 Å². The molecule has 0 aliphatic carbocycles. The molecule has 1 fully saturated rings. The summed E-state index contributed by atoms with van der Waals surface area (Å²) in [5.41, 5.74) is 8.04. The lowest BCUT2D eigenvalue weighted by Gasteiger charge is -2.17. The van der Waals surface area contributed by atoms with E-state index in [1.807, 2.05) is 12.1 Å². The standard InChI is InChI=1S/C15H24N2/c1-12(2)7-9-17-10-8-14(11-17)13-3-5-15(16)6-4-13/h3-6,12,14H,7-11,16H2,1-2H3. The Kier molecular flexibility index (Phi) is 4.06. The van der Waals surface area contributed by atoms with Crippen molar-refractivity contribution in [1.29, 1.82) is 0 Å². The van der Waals surface area contributed by atoms with Crippen molar-refractivity contribution in [3.8, 4) is 0 Å². The van der Waals surface area contributed by atoms with Crippen LogP contribution in [0.4, 0.5) is 5.69 Å². The van der Waals surface area contributed by atoms with Gasteiger partial charge in [-0.2, -0.15) is 0 Å². The van der Waals surface area contributed by atoms with E-state index in [9.17, 15) is 0 Å². The summed E-state index contributed by atoms with van der Waals surface area (Å²) in [5.74, 6) is 1.52. The van der Waals surface area contributed by atoms with Gasteiger partial charge in [0.25, 0.3) is 0 Å². The number of hydrogen-bond donors (Lipinski definition) is 1. The van der Waals surface area contributed by atoms with E-state index in [-0.39, 0.29) is 0 Å². The molecule has 1 saturated heterocycles. The van der Waals surface area contributed by atoms with Crippen LogP contribution in [-0.2, 0) is 0 Å². The van der Waals surface area contributed by atoms with Crippen molar-refractivity contribution in [2.75, 3.05) is 25.4 Å². The monoisotopic (exact) mass is 232 g/mol. The van der Waals surface area contributed by atoms with Gasteiger partial charge in [-0.3, -0.25) is 0 Å². The van der Waals surface area contributed by atoms with Crippen molar-refractivity contribution in [3.05, 3.63) is 29.8 Å². The molecule has 1 unspecified atom stereocenters. The summed E-state index contributed by atoms with van der Waals surface area (Å²) in [6.45, 7) is 8.32. The van der Waals surface area contributed by atoms with Crippen molar-refractivity contribution in [2.45, 2.75) is 32.6 Å². The smallest absolute Gasteiger partial charge is 0.0314 e. The molecule has 1 aliphatic rings. The molecular weight excluding hydrogens is 208 g/mol. The first-order valence-corrected chi connectivity index (χ1v) is 6.73.